The molecule has 0 aliphatic heterocycles. The van der Waals surface area contributed by atoms with Crippen molar-refractivity contribution in [1.29, 1.82) is 0 Å². The Hall–Kier alpha value is -1.36. The molecule has 5 heteroatoms. The zero-order chi connectivity index (χ0) is 13.6. The van der Waals surface area contributed by atoms with E-state index in [1.54, 1.807) is 13.0 Å². The van der Waals surface area contributed by atoms with Crippen LogP contribution in [0.25, 0.3) is 0 Å². The third-order valence-corrected chi connectivity index (χ3v) is 2.52. The van der Waals surface area contributed by atoms with Crippen LogP contribution >= 0.6 is 0 Å². The molecule has 18 heavy (non-hydrogen) atoms. The number of alkyl halides is 3. The SMILES string of the molecule is C=CCC(OCCC)(c1ccccn1)C(F)(F)F. The molecule has 100 valence electrons. The van der Waals surface area contributed by atoms with Crippen molar-refractivity contribution in [3.05, 3.63) is 42.7 Å². The van der Waals surface area contributed by atoms with Crippen LogP contribution in [0.3, 0.4) is 0 Å². The molecule has 0 saturated carbocycles. The van der Waals surface area contributed by atoms with E-state index >= 15 is 0 Å². The van der Waals surface area contributed by atoms with Crippen molar-refractivity contribution in [3.8, 4) is 0 Å². The van der Waals surface area contributed by atoms with Gasteiger partial charge in [0.2, 0.25) is 5.60 Å². The number of hydrogen-bond acceptors (Lipinski definition) is 2. The lowest BCUT2D eigenvalue weighted by molar-refractivity contribution is -0.285. The highest BCUT2D eigenvalue weighted by Gasteiger charge is 2.57. The summed E-state index contributed by atoms with van der Waals surface area (Å²) in [5.41, 5.74) is -2.53. The van der Waals surface area contributed by atoms with E-state index in [1.807, 2.05) is 0 Å². The van der Waals surface area contributed by atoms with Crippen molar-refractivity contribution in [1.82, 2.24) is 4.98 Å². The normalized spacial score (nSPS) is 15.1. The van der Waals surface area contributed by atoms with Gasteiger partial charge in [-0.15, -0.1) is 6.58 Å². The van der Waals surface area contributed by atoms with E-state index in [0.29, 0.717) is 6.42 Å². The molecule has 1 unspecified atom stereocenters. The van der Waals surface area contributed by atoms with Crippen molar-refractivity contribution in [2.24, 2.45) is 0 Å². The van der Waals surface area contributed by atoms with Gasteiger partial charge in [-0.05, 0) is 18.6 Å². The summed E-state index contributed by atoms with van der Waals surface area (Å²) in [5, 5.41) is 0. The fourth-order valence-electron chi connectivity index (χ4n) is 1.66. The van der Waals surface area contributed by atoms with Gasteiger partial charge in [0.15, 0.2) is 0 Å². The fraction of sp³-hybridized carbons (Fsp3) is 0.462. The van der Waals surface area contributed by atoms with Crippen molar-refractivity contribution in [2.45, 2.75) is 31.5 Å². The first kappa shape index (κ1) is 14.7. The van der Waals surface area contributed by atoms with Gasteiger partial charge in [0.05, 0.1) is 5.69 Å². The number of ether oxygens (including phenoxy) is 1. The predicted molar refractivity (Wildman–Crippen MR) is 63.0 cm³/mol. The molecule has 0 fully saturated rings. The average Bonchev–Trinajstić information content (AvgIpc) is 2.34. The molecular formula is C13H16F3NO. The summed E-state index contributed by atoms with van der Waals surface area (Å²) in [5.74, 6) is 0. The van der Waals surface area contributed by atoms with Gasteiger partial charge in [0, 0.05) is 19.2 Å². The highest BCUT2D eigenvalue weighted by molar-refractivity contribution is 5.18. The minimum Gasteiger partial charge on any atom is -0.359 e. The van der Waals surface area contributed by atoms with Crippen molar-refractivity contribution in [3.63, 3.8) is 0 Å². The summed E-state index contributed by atoms with van der Waals surface area (Å²) >= 11 is 0. The van der Waals surface area contributed by atoms with Gasteiger partial charge in [-0.25, -0.2) is 0 Å². The number of pyridine rings is 1. The Morgan fingerprint density at radius 2 is 2.11 bits per heavy atom. The lowest BCUT2D eigenvalue weighted by Gasteiger charge is -2.34. The molecular weight excluding hydrogens is 243 g/mol. The Bertz CT molecular complexity index is 378. The molecule has 0 N–H and O–H groups in total. The van der Waals surface area contributed by atoms with Gasteiger partial charge in [-0.1, -0.05) is 19.1 Å². The summed E-state index contributed by atoms with van der Waals surface area (Å²) in [6, 6.07) is 4.41. The van der Waals surface area contributed by atoms with Gasteiger partial charge in [-0.2, -0.15) is 13.2 Å². The molecule has 0 spiro atoms. The number of nitrogens with zero attached hydrogens (tertiary/aromatic N) is 1. The molecule has 0 saturated heterocycles. The smallest absolute Gasteiger partial charge is 0.359 e. The highest BCUT2D eigenvalue weighted by Crippen LogP contribution is 2.44. The first-order chi connectivity index (χ1) is 8.48. The van der Waals surface area contributed by atoms with Crippen LogP contribution in [0.5, 0.6) is 0 Å². The second kappa shape index (κ2) is 6.00. The average molecular weight is 259 g/mol. The molecule has 1 heterocycles. The van der Waals surface area contributed by atoms with E-state index in [0.717, 1.165) is 0 Å². The summed E-state index contributed by atoms with van der Waals surface area (Å²) in [6.07, 6.45) is -1.86. The van der Waals surface area contributed by atoms with E-state index in [1.165, 1.54) is 24.4 Å². The van der Waals surface area contributed by atoms with Crippen LogP contribution in [0, 0.1) is 0 Å². The Kier molecular flexibility index (Phi) is 4.90. The molecule has 0 amide bonds. The first-order valence-corrected chi connectivity index (χ1v) is 5.71. The molecule has 1 rings (SSSR count). The number of hydrogen-bond donors (Lipinski definition) is 0. The highest BCUT2D eigenvalue weighted by atomic mass is 19.4. The van der Waals surface area contributed by atoms with Gasteiger partial charge in [-0.3, -0.25) is 4.98 Å². The summed E-state index contributed by atoms with van der Waals surface area (Å²) in [6.45, 7) is 5.16. The van der Waals surface area contributed by atoms with Gasteiger partial charge in [0.25, 0.3) is 0 Å². The monoisotopic (exact) mass is 259 g/mol. The summed E-state index contributed by atoms with van der Waals surface area (Å²) in [7, 11) is 0. The molecule has 0 radical (unpaired) electrons. The summed E-state index contributed by atoms with van der Waals surface area (Å²) in [4.78, 5) is 3.80. The van der Waals surface area contributed by atoms with E-state index in [-0.39, 0.29) is 18.7 Å². The lowest BCUT2D eigenvalue weighted by atomic mass is 9.93. The zero-order valence-corrected chi connectivity index (χ0v) is 10.2. The zero-order valence-electron chi connectivity index (χ0n) is 10.2. The molecule has 0 aliphatic carbocycles. The van der Waals surface area contributed by atoms with Gasteiger partial charge < -0.3 is 4.74 Å². The van der Waals surface area contributed by atoms with Crippen LogP contribution in [-0.4, -0.2) is 17.8 Å². The van der Waals surface area contributed by atoms with Crippen LogP contribution in [0.15, 0.2) is 37.1 Å². The number of rotatable bonds is 6. The second-order valence-electron chi connectivity index (χ2n) is 3.88. The Morgan fingerprint density at radius 1 is 1.39 bits per heavy atom. The van der Waals surface area contributed by atoms with Crippen molar-refractivity contribution in [2.75, 3.05) is 6.61 Å². The van der Waals surface area contributed by atoms with Crippen LogP contribution in [-0.2, 0) is 10.3 Å². The Morgan fingerprint density at radius 3 is 2.56 bits per heavy atom. The number of aromatic nitrogens is 1. The van der Waals surface area contributed by atoms with Gasteiger partial charge in [0.1, 0.15) is 0 Å². The maximum absolute atomic E-state index is 13.4. The molecule has 0 aliphatic rings. The molecule has 0 bridgehead atoms. The molecule has 2 nitrogen and oxygen atoms in total. The quantitative estimate of drug-likeness (QED) is 0.724. The van der Waals surface area contributed by atoms with Crippen LogP contribution in [0.1, 0.15) is 25.5 Å². The van der Waals surface area contributed by atoms with Crippen LogP contribution in [0.2, 0.25) is 0 Å². The first-order valence-electron chi connectivity index (χ1n) is 5.71. The maximum atomic E-state index is 13.4. The standard InChI is InChI=1S/C13H16F3NO/c1-3-8-12(13(14,15)16,18-10-4-2)11-7-5-6-9-17-11/h3,5-7,9H,1,4,8,10H2,2H3. The van der Waals surface area contributed by atoms with E-state index in [9.17, 15) is 13.2 Å². The third-order valence-electron chi connectivity index (χ3n) is 2.52. The molecule has 1 aromatic rings. The molecule has 1 atom stereocenters. The number of halogens is 3. The summed E-state index contributed by atoms with van der Waals surface area (Å²) < 4.78 is 45.2. The minimum atomic E-state index is -4.54. The van der Waals surface area contributed by atoms with Gasteiger partial charge >= 0.3 is 6.18 Å². The van der Waals surface area contributed by atoms with E-state index in [4.69, 9.17) is 4.74 Å². The minimum absolute atomic E-state index is 0.0178. The third kappa shape index (κ3) is 2.90. The predicted octanol–water partition coefficient (Wildman–Crippen LogP) is 3.84. The van der Waals surface area contributed by atoms with Crippen LogP contribution < -0.4 is 0 Å². The topological polar surface area (TPSA) is 22.1 Å². The Labute approximate surface area is 104 Å². The van der Waals surface area contributed by atoms with Crippen LogP contribution in [0.4, 0.5) is 13.2 Å². The van der Waals surface area contributed by atoms with E-state index < -0.39 is 11.8 Å². The fourth-order valence-corrected chi connectivity index (χ4v) is 1.66. The van der Waals surface area contributed by atoms with Crippen molar-refractivity contribution >= 4 is 0 Å². The second-order valence-corrected chi connectivity index (χ2v) is 3.88. The molecule has 1 aromatic heterocycles. The van der Waals surface area contributed by atoms with Crippen molar-refractivity contribution < 1.29 is 17.9 Å². The molecule has 0 aromatic carbocycles. The lowest BCUT2D eigenvalue weighted by Crippen LogP contribution is -2.45. The van der Waals surface area contributed by atoms with E-state index in [2.05, 4.69) is 11.6 Å². The maximum Gasteiger partial charge on any atom is 0.423 e. The largest absolute Gasteiger partial charge is 0.423 e. The Balaban J connectivity index is 3.24.